The maximum atomic E-state index is 13.0. The van der Waals surface area contributed by atoms with E-state index in [9.17, 15) is 14.7 Å². The van der Waals surface area contributed by atoms with Gasteiger partial charge in [-0.3, -0.25) is 0 Å². The van der Waals surface area contributed by atoms with Crippen LogP contribution in [0.4, 0.5) is 4.79 Å². The van der Waals surface area contributed by atoms with E-state index in [2.05, 4.69) is 29.6 Å². The summed E-state index contributed by atoms with van der Waals surface area (Å²) in [6, 6.07) is 20.9. The first-order valence-electron chi connectivity index (χ1n) is 13.6. The molecular formula is C32H34BNO7. The highest BCUT2D eigenvalue weighted by Gasteiger charge is 2.52. The molecular weight excluding hydrogens is 521 g/mol. The molecule has 8 nitrogen and oxygen atoms in total. The van der Waals surface area contributed by atoms with E-state index in [0.29, 0.717) is 16.8 Å². The van der Waals surface area contributed by atoms with Gasteiger partial charge in [0.25, 0.3) is 0 Å². The highest BCUT2D eigenvalue weighted by molar-refractivity contribution is 6.56. The standard InChI is InChI=1S/C32H34BNO7/c1-31(2)32(3,4)41-33(40-31)22(17-21-16-20(29(35)36)14-15-28(21)38-5)18-34-30(37)39-19-27-25-12-8-6-10-23(25)24-11-7-9-13-26(24)27/h6-17,27H,18-19H2,1-5H3,(H,34,37)(H,35,36). The van der Waals surface area contributed by atoms with E-state index >= 15 is 0 Å². The van der Waals surface area contributed by atoms with Crippen LogP contribution in [0.1, 0.15) is 60.7 Å². The minimum atomic E-state index is -1.06. The van der Waals surface area contributed by atoms with E-state index in [4.69, 9.17) is 18.8 Å². The zero-order valence-electron chi connectivity index (χ0n) is 23.9. The molecule has 3 aromatic rings. The van der Waals surface area contributed by atoms with Crippen LogP contribution in [0.25, 0.3) is 17.2 Å². The summed E-state index contributed by atoms with van der Waals surface area (Å²) >= 11 is 0. The number of benzene rings is 3. The molecule has 1 fully saturated rings. The van der Waals surface area contributed by atoms with Gasteiger partial charge in [0.05, 0.1) is 23.9 Å². The third-order valence-corrected chi connectivity index (χ3v) is 8.15. The van der Waals surface area contributed by atoms with Crippen LogP contribution in [0.2, 0.25) is 0 Å². The summed E-state index contributed by atoms with van der Waals surface area (Å²) in [5.74, 6) is -0.643. The summed E-state index contributed by atoms with van der Waals surface area (Å²) in [6.07, 6.45) is 1.15. The number of carboxylic acids is 1. The summed E-state index contributed by atoms with van der Waals surface area (Å²) in [5, 5.41) is 12.4. The van der Waals surface area contributed by atoms with E-state index in [0.717, 1.165) is 22.3 Å². The Bertz CT molecular complexity index is 1450. The fraction of sp³-hybridized carbons (Fsp3) is 0.312. The second-order valence-electron chi connectivity index (χ2n) is 11.2. The average Bonchev–Trinajstić information content (AvgIpc) is 3.38. The van der Waals surface area contributed by atoms with Crippen molar-refractivity contribution in [2.24, 2.45) is 0 Å². The van der Waals surface area contributed by atoms with Gasteiger partial charge in [-0.25, -0.2) is 9.59 Å². The second kappa shape index (κ2) is 11.1. The van der Waals surface area contributed by atoms with Gasteiger partial charge in [0, 0.05) is 18.0 Å². The Labute approximate surface area is 240 Å². The van der Waals surface area contributed by atoms with Crippen molar-refractivity contribution in [3.8, 4) is 16.9 Å². The zero-order valence-corrected chi connectivity index (χ0v) is 23.9. The number of methoxy groups -OCH3 is 1. The number of carbonyl (C=O) groups excluding carboxylic acids is 1. The number of carboxylic acid groups (broad SMARTS) is 1. The highest BCUT2D eigenvalue weighted by Crippen LogP contribution is 2.44. The molecule has 0 unspecified atom stereocenters. The third kappa shape index (κ3) is 5.60. The number of ether oxygens (including phenoxy) is 2. The van der Waals surface area contributed by atoms with Gasteiger partial charge in [0.2, 0.25) is 0 Å². The van der Waals surface area contributed by atoms with Crippen LogP contribution in [0, 0.1) is 0 Å². The monoisotopic (exact) mass is 555 g/mol. The van der Waals surface area contributed by atoms with Crippen molar-refractivity contribution >= 4 is 25.3 Å². The Morgan fingerprint density at radius 3 is 2.10 bits per heavy atom. The normalized spacial score (nSPS) is 17.1. The van der Waals surface area contributed by atoms with E-state index < -0.39 is 30.4 Å². The number of rotatable bonds is 8. The Balaban J connectivity index is 1.35. The van der Waals surface area contributed by atoms with Crippen molar-refractivity contribution in [2.75, 3.05) is 20.3 Å². The molecule has 1 heterocycles. The molecule has 0 saturated carbocycles. The lowest BCUT2D eigenvalue weighted by molar-refractivity contribution is 0.00578. The van der Waals surface area contributed by atoms with Gasteiger partial charge in [-0.2, -0.15) is 0 Å². The van der Waals surface area contributed by atoms with Crippen LogP contribution in [0.3, 0.4) is 0 Å². The number of aromatic carboxylic acids is 1. The van der Waals surface area contributed by atoms with Gasteiger partial charge in [0.1, 0.15) is 12.4 Å². The first-order valence-corrected chi connectivity index (χ1v) is 13.6. The summed E-state index contributed by atoms with van der Waals surface area (Å²) in [4.78, 5) is 24.6. The van der Waals surface area contributed by atoms with Crippen molar-refractivity contribution < 1.29 is 33.5 Å². The van der Waals surface area contributed by atoms with E-state index in [1.54, 1.807) is 12.1 Å². The van der Waals surface area contributed by atoms with Crippen molar-refractivity contribution in [1.82, 2.24) is 5.32 Å². The molecule has 2 aliphatic rings. The number of carbonyl (C=O) groups is 2. The molecule has 1 aliphatic carbocycles. The second-order valence-corrected chi connectivity index (χ2v) is 11.2. The maximum Gasteiger partial charge on any atom is 0.492 e. The van der Waals surface area contributed by atoms with Gasteiger partial charge in [-0.05, 0) is 73.6 Å². The van der Waals surface area contributed by atoms with Crippen LogP contribution in [0.5, 0.6) is 5.75 Å². The van der Waals surface area contributed by atoms with E-state index in [1.165, 1.54) is 19.2 Å². The summed E-state index contributed by atoms with van der Waals surface area (Å²) < 4.78 is 23.7. The summed E-state index contributed by atoms with van der Waals surface area (Å²) in [6.45, 7) is 7.99. The lowest BCUT2D eigenvalue weighted by Crippen LogP contribution is -2.41. The van der Waals surface area contributed by atoms with E-state index in [-0.39, 0.29) is 24.6 Å². The van der Waals surface area contributed by atoms with Gasteiger partial charge in [-0.1, -0.05) is 54.6 Å². The van der Waals surface area contributed by atoms with Crippen molar-refractivity contribution in [3.05, 3.63) is 94.5 Å². The fourth-order valence-electron chi connectivity index (χ4n) is 5.20. The average molecular weight is 555 g/mol. The van der Waals surface area contributed by atoms with Crippen LogP contribution < -0.4 is 10.1 Å². The predicted octanol–water partition coefficient (Wildman–Crippen LogP) is 5.95. The highest BCUT2D eigenvalue weighted by atomic mass is 16.7. The fourth-order valence-corrected chi connectivity index (χ4v) is 5.20. The molecule has 212 valence electrons. The first kappa shape index (κ1) is 28.5. The lowest BCUT2D eigenvalue weighted by atomic mass is 9.76. The molecule has 41 heavy (non-hydrogen) atoms. The Kier molecular flexibility index (Phi) is 7.68. The zero-order chi connectivity index (χ0) is 29.4. The Morgan fingerprint density at radius 2 is 1.54 bits per heavy atom. The largest absolute Gasteiger partial charge is 0.496 e. The summed E-state index contributed by atoms with van der Waals surface area (Å²) in [5.41, 5.74) is 4.54. The van der Waals surface area contributed by atoms with Crippen molar-refractivity contribution in [1.29, 1.82) is 0 Å². The predicted molar refractivity (Wildman–Crippen MR) is 157 cm³/mol. The van der Waals surface area contributed by atoms with Crippen LogP contribution in [-0.4, -0.2) is 55.8 Å². The van der Waals surface area contributed by atoms with Gasteiger partial charge < -0.3 is 29.2 Å². The maximum absolute atomic E-state index is 13.0. The van der Waals surface area contributed by atoms with Crippen molar-refractivity contribution in [2.45, 2.75) is 44.8 Å². The van der Waals surface area contributed by atoms with Gasteiger partial charge in [0.15, 0.2) is 0 Å². The minimum absolute atomic E-state index is 0.0496. The molecule has 3 aromatic carbocycles. The van der Waals surface area contributed by atoms with Crippen LogP contribution in [-0.2, 0) is 14.0 Å². The van der Waals surface area contributed by atoms with Crippen LogP contribution in [0.15, 0.2) is 72.2 Å². The number of amides is 1. The van der Waals surface area contributed by atoms with Crippen LogP contribution >= 0.6 is 0 Å². The number of hydrogen-bond donors (Lipinski definition) is 2. The smallest absolute Gasteiger partial charge is 0.492 e. The SMILES string of the molecule is COc1ccc(C(=O)O)cc1C=C(CNC(=O)OCC1c2ccccc2-c2ccccc21)B1OC(C)(C)C(C)(C)O1. The number of alkyl carbamates (subject to hydrolysis) is 1. The molecule has 1 amide bonds. The molecule has 0 aromatic heterocycles. The first-order chi connectivity index (χ1) is 19.5. The molecule has 1 aliphatic heterocycles. The molecule has 1 saturated heterocycles. The third-order valence-electron chi connectivity index (χ3n) is 8.15. The van der Waals surface area contributed by atoms with E-state index in [1.807, 2.05) is 52.0 Å². The van der Waals surface area contributed by atoms with Gasteiger partial charge in [-0.15, -0.1) is 0 Å². The molecule has 0 spiro atoms. The summed E-state index contributed by atoms with van der Waals surface area (Å²) in [7, 11) is 0.725. The minimum Gasteiger partial charge on any atom is -0.496 e. The molecule has 0 atom stereocenters. The molecule has 0 bridgehead atoms. The molecule has 9 heteroatoms. The number of hydrogen-bond acceptors (Lipinski definition) is 6. The molecule has 2 N–H and O–H groups in total. The van der Waals surface area contributed by atoms with Gasteiger partial charge >= 0.3 is 19.2 Å². The Morgan fingerprint density at radius 1 is 0.951 bits per heavy atom. The topological polar surface area (TPSA) is 103 Å². The number of fused-ring (bicyclic) bond motifs is 3. The molecule has 0 radical (unpaired) electrons. The lowest BCUT2D eigenvalue weighted by Gasteiger charge is -2.32. The van der Waals surface area contributed by atoms with Crippen molar-refractivity contribution in [3.63, 3.8) is 0 Å². The number of nitrogens with one attached hydrogen (secondary N) is 1. The molecule has 5 rings (SSSR count). The quantitative estimate of drug-likeness (QED) is 0.331. The Hall–Kier alpha value is -4.08.